The number of methoxy groups -OCH3 is 2. The molecule has 0 aliphatic heterocycles. The summed E-state index contributed by atoms with van der Waals surface area (Å²) in [5.74, 6) is 1.68. The minimum absolute atomic E-state index is 0.254. The van der Waals surface area contributed by atoms with Crippen molar-refractivity contribution in [1.29, 1.82) is 0 Å². The summed E-state index contributed by atoms with van der Waals surface area (Å²) in [4.78, 5) is 11.7. The number of carbonyl (C=O) groups excluding carboxylic acids is 1. The van der Waals surface area contributed by atoms with E-state index in [1.165, 1.54) is 7.11 Å². The summed E-state index contributed by atoms with van der Waals surface area (Å²) >= 11 is 0. The van der Waals surface area contributed by atoms with Crippen molar-refractivity contribution in [2.24, 2.45) is 17.6 Å². The van der Waals surface area contributed by atoms with Gasteiger partial charge in [-0.3, -0.25) is 4.79 Å². The van der Waals surface area contributed by atoms with E-state index in [4.69, 9.17) is 19.9 Å². The maximum atomic E-state index is 11.7. The molecule has 0 saturated heterocycles. The van der Waals surface area contributed by atoms with Crippen molar-refractivity contribution in [3.05, 3.63) is 59.7 Å². The van der Waals surface area contributed by atoms with E-state index >= 15 is 0 Å². The van der Waals surface area contributed by atoms with Crippen molar-refractivity contribution in [3.63, 3.8) is 0 Å². The van der Waals surface area contributed by atoms with E-state index in [9.17, 15) is 4.79 Å². The Kier molecular flexibility index (Phi) is 8.33. The van der Waals surface area contributed by atoms with Crippen LogP contribution >= 0.6 is 0 Å². The third-order valence-electron chi connectivity index (χ3n) is 4.97. The summed E-state index contributed by atoms with van der Waals surface area (Å²) < 4.78 is 16.2. The molecule has 0 spiro atoms. The Balaban J connectivity index is 2.12. The third kappa shape index (κ3) is 6.27. The summed E-state index contributed by atoms with van der Waals surface area (Å²) in [5, 5.41) is 0. The van der Waals surface area contributed by atoms with Crippen LogP contribution in [-0.2, 0) is 22.6 Å². The van der Waals surface area contributed by atoms with Gasteiger partial charge in [-0.2, -0.15) is 0 Å². The molecule has 0 aliphatic carbocycles. The first-order valence-electron chi connectivity index (χ1n) is 9.61. The monoisotopic (exact) mass is 385 g/mol. The molecule has 28 heavy (non-hydrogen) atoms. The molecule has 0 aromatic heterocycles. The van der Waals surface area contributed by atoms with Crippen molar-refractivity contribution in [2.45, 2.75) is 39.3 Å². The number of carbonyl (C=O) groups is 1. The van der Waals surface area contributed by atoms with Gasteiger partial charge in [-0.25, -0.2) is 0 Å². The van der Waals surface area contributed by atoms with Gasteiger partial charge in [-0.1, -0.05) is 50.2 Å². The fourth-order valence-corrected chi connectivity index (χ4v) is 3.16. The largest absolute Gasteiger partial charge is 0.493 e. The molecule has 0 unspecified atom stereocenters. The normalized spacial score (nSPS) is 13.1. The standard InChI is InChI=1S/C23H31NO4/c1-16(2)19(14-20(24)23(25)27-4)12-18-10-11-21(26-3)22(13-18)28-15-17-8-6-5-7-9-17/h5-11,13,16,19-20H,12,14-15,24H2,1-4H3/t19-,20-/m0/s1. The quantitative estimate of drug-likeness (QED) is 0.627. The van der Waals surface area contributed by atoms with Gasteiger partial charge in [0.15, 0.2) is 11.5 Å². The van der Waals surface area contributed by atoms with Crippen LogP contribution in [0.4, 0.5) is 0 Å². The Morgan fingerprint density at radius 2 is 1.71 bits per heavy atom. The van der Waals surface area contributed by atoms with Crippen molar-refractivity contribution >= 4 is 5.97 Å². The summed E-state index contributed by atoms with van der Waals surface area (Å²) in [5.41, 5.74) is 8.21. The molecule has 5 heteroatoms. The van der Waals surface area contributed by atoms with Crippen LogP contribution in [0, 0.1) is 11.8 Å². The van der Waals surface area contributed by atoms with Crippen molar-refractivity contribution in [1.82, 2.24) is 0 Å². The average molecular weight is 386 g/mol. The fourth-order valence-electron chi connectivity index (χ4n) is 3.16. The second-order valence-corrected chi connectivity index (χ2v) is 7.33. The molecular formula is C23H31NO4. The van der Waals surface area contributed by atoms with Gasteiger partial charge in [0.1, 0.15) is 12.6 Å². The number of esters is 1. The summed E-state index contributed by atoms with van der Waals surface area (Å²) in [6.07, 6.45) is 1.38. The van der Waals surface area contributed by atoms with Crippen molar-refractivity contribution in [3.8, 4) is 11.5 Å². The lowest BCUT2D eigenvalue weighted by molar-refractivity contribution is -0.142. The lowest BCUT2D eigenvalue weighted by Crippen LogP contribution is -2.35. The Labute approximate surface area is 167 Å². The minimum Gasteiger partial charge on any atom is -0.493 e. The molecule has 5 nitrogen and oxygen atoms in total. The molecule has 2 aromatic rings. The van der Waals surface area contributed by atoms with E-state index in [1.807, 2.05) is 48.5 Å². The first-order chi connectivity index (χ1) is 13.4. The molecule has 0 aliphatic rings. The second-order valence-electron chi connectivity index (χ2n) is 7.33. The molecule has 0 amide bonds. The SMILES string of the molecule is COC(=O)[C@@H](N)C[C@H](Cc1ccc(OC)c(OCc2ccccc2)c1)C(C)C. The lowest BCUT2D eigenvalue weighted by Gasteiger charge is -2.24. The maximum Gasteiger partial charge on any atom is 0.322 e. The zero-order chi connectivity index (χ0) is 20.5. The topological polar surface area (TPSA) is 70.8 Å². The Morgan fingerprint density at radius 3 is 2.32 bits per heavy atom. The molecule has 2 N–H and O–H groups in total. The van der Waals surface area contributed by atoms with E-state index in [-0.39, 0.29) is 11.9 Å². The fraction of sp³-hybridized carbons (Fsp3) is 0.435. The molecule has 0 heterocycles. The van der Waals surface area contributed by atoms with E-state index in [0.717, 1.165) is 17.5 Å². The molecule has 0 bridgehead atoms. The minimum atomic E-state index is -0.607. The number of ether oxygens (including phenoxy) is 3. The maximum absolute atomic E-state index is 11.7. The summed E-state index contributed by atoms with van der Waals surface area (Å²) in [6.45, 7) is 4.76. The first-order valence-corrected chi connectivity index (χ1v) is 9.61. The van der Waals surface area contributed by atoms with Crippen LogP contribution in [0.5, 0.6) is 11.5 Å². The van der Waals surface area contributed by atoms with Crippen LogP contribution < -0.4 is 15.2 Å². The summed E-state index contributed by atoms with van der Waals surface area (Å²) in [6, 6.07) is 15.4. The molecule has 2 aromatic carbocycles. The molecule has 2 atom stereocenters. The highest BCUT2D eigenvalue weighted by atomic mass is 16.5. The van der Waals surface area contributed by atoms with Gasteiger partial charge in [0.2, 0.25) is 0 Å². The zero-order valence-electron chi connectivity index (χ0n) is 17.2. The van der Waals surface area contributed by atoms with Crippen LogP contribution in [0.3, 0.4) is 0 Å². The number of rotatable bonds is 10. The van der Waals surface area contributed by atoms with Crippen molar-refractivity contribution in [2.75, 3.05) is 14.2 Å². The molecule has 0 saturated carbocycles. The van der Waals surface area contributed by atoms with Crippen LogP contribution in [0.2, 0.25) is 0 Å². The zero-order valence-corrected chi connectivity index (χ0v) is 17.2. The lowest BCUT2D eigenvalue weighted by atomic mass is 9.84. The van der Waals surface area contributed by atoms with Gasteiger partial charge in [-0.15, -0.1) is 0 Å². The highest BCUT2D eigenvalue weighted by molar-refractivity contribution is 5.75. The average Bonchev–Trinajstić information content (AvgIpc) is 2.71. The van der Waals surface area contributed by atoms with Gasteiger partial charge >= 0.3 is 5.97 Å². The number of nitrogens with two attached hydrogens (primary N) is 1. The van der Waals surface area contributed by atoms with Gasteiger partial charge in [0, 0.05) is 0 Å². The highest BCUT2D eigenvalue weighted by Gasteiger charge is 2.23. The third-order valence-corrected chi connectivity index (χ3v) is 4.97. The van der Waals surface area contributed by atoms with Crippen LogP contribution in [-0.4, -0.2) is 26.2 Å². The molecule has 0 radical (unpaired) electrons. The smallest absolute Gasteiger partial charge is 0.322 e. The van der Waals surface area contributed by atoms with Crippen LogP contribution in [0.25, 0.3) is 0 Å². The van der Waals surface area contributed by atoms with E-state index < -0.39 is 6.04 Å². The molecule has 152 valence electrons. The number of benzene rings is 2. The van der Waals surface area contributed by atoms with E-state index in [0.29, 0.717) is 30.4 Å². The van der Waals surface area contributed by atoms with Gasteiger partial charge in [0.25, 0.3) is 0 Å². The van der Waals surface area contributed by atoms with Gasteiger partial charge in [0.05, 0.1) is 14.2 Å². The predicted octanol–water partition coefficient (Wildman–Crippen LogP) is 3.98. The Morgan fingerprint density at radius 1 is 1.00 bits per heavy atom. The van der Waals surface area contributed by atoms with E-state index in [1.54, 1.807) is 7.11 Å². The summed E-state index contributed by atoms with van der Waals surface area (Å²) in [7, 11) is 3.00. The molecule has 2 rings (SSSR count). The Hall–Kier alpha value is -2.53. The number of hydrogen-bond donors (Lipinski definition) is 1. The Bertz CT molecular complexity index is 746. The molecular weight excluding hydrogens is 354 g/mol. The predicted molar refractivity (Wildman–Crippen MR) is 110 cm³/mol. The van der Waals surface area contributed by atoms with Crippen molar-refractivity contribution < 1.29 is 19.0 Å². The number of hydrogen-bond acceptors (Lipinski definition) is 5. The van der Waals surface area contributed by atoms with Crippen LogP contribution in [0.1, 0.15) is 31.4 Å². The van der Waals surface area contributed by atoms with Crippen LogP contribution in [0.15, 0.2) is 48.5 Å². The highest BCUT2D eigenvalue weighted by Crippen LogP contribution is 2.31. The van der Waals surface area contributed by atoms with Gasteiger partial charge in [-0.05, 0) is 47.9 Å². The van der Waals surface area contributed by atoms with Gasteiger partial charge < -0.3 is 19.9 Å². The molecule has 0 fully saturated rings. The first kappa shape index (κ1) is 21.8. The van der Waals surface area contributed by atoms with E-state index in [2.05, 4.69) is 13.8 Å². The second kappa shape index (κ2) is 10.7.